The molecule has 0 unspecified atom stereocenters. The summed E-state index contributed by atoms with van der Waals surface area (Å²) in [5.41, 5.74) is 0.505. The zero-order valence-electron chi connectivity index (χ0n) is 11.0. The summed E-state index contributed by atoms with van der Waals surface area (Å²) in [5, 5.41) is 13.7. The molecular weight excluding hydrogens is 284 g/mol. The first kappa shape index (κ1) is 14.8. The lowest BCUT2D eigenvalue weighted by Crippen LogP contribution is -2.05. The number of hydrogen-bond acceptors (Lipinski definition) is 6. The molecule has 0 fully saturated rings. The van der Waals surface area contributed by atoms with Gasteiger partial charge in [0.15, 0.2) is 5.82 Å². The standard InChI is InChI=1S/C13H15ClN2O4/c1-18-6-7-19-5-4-12-15-13(20-16-12)10-8-9(17)2-3-11(10)14/h2-3,8,17H,4-7H2,1H3. The molecule has 2 aromatic rings. The van der Waals surface area contributed by atoms with Crippen molar-refractivity contribution in [3.8, 4) is 17.2 Å². The van der Waals surface area contributed by atoms with E-state index in [4.69, 9.17) is 25.6 Å². The van der Waals surface area contributed by atoms with Crippen molar-refractivity contribution >= 4 is 11.6 Å². The van der Waals surface area contributed by atoms with Crippen molar-refractivity contribution in [2.45, 2.75) is 6.42 Å². The second-order valence-electron chi connectivity index (χ2n) is 4.04. The highest BCUT2D eigenvalue weighted by Gasteiger charge is 2.13. The summed E-state index contributed by atoms with van der Waals surface area (Å²) in [6.45, 7) is 1.56. The van der Waals surface area contributed by atoms with E-state index in [1.165, 1.54) is 12.1 Å². The van der Waals surface area contributed by atoms with E-state index in [1.807, 2.05) is 0 Å². The van der Waals surface area contributed by atoms with Crippen LogP contribution in [0.2, 0.25) is 5.02 Å². The van der Waals surface area contributed by atoms with Gasteiger partial charge in [-0.05, 0) is 18.2 Å². The van der Waals surface area contributed by atoms with Gasteiger partial charge >= 0.3 is 0 Å². The molecule has 0 atom stereocenters. The number of halogens is 1. The first-order chi connectivity index (χ1) is 9.70. The van der Waals surface area contributed by atoms with Crippen LogP contribution >= 0.6 is 11.6 Å². The maximum atomic E-state index is 9.45. The number of benzene rings is 1. The second-order valence-corrected chi connectivity index (χ2v) is 4.44. The molecule has 0 aliphatic carbocycles. The Kier molecular flexibility index (Phi) is 5.34. The number of phenols is 1. The maximum Gasteiger partial charge on any atom is 0.259 e. The summed E-state index contributed by atoms with van der Waals surface area (Å²) >= 11 is 6.02. The molecule has 1 N–H and O–H groups in total. The van der Waals surface area contributed by atoms with E-state index >= 15 is 0 Å². The molecule has 20 heavy (non-hydrogen) atoms. The third kappa shape index (κ3) is 3.93. The molecule has 0 aliphatic heterocycles. The van der Waals surface area contributed by atoms with Crippen LogP contribution in [0.4, 0.5) is 0 Å². The van der Waals surface area contributed by atoms with Gasteiger partial charge in [-0.1, -0.05) is 16.8 Å². The van der Waals surface area contributed by atoms with Crippen LogP contribution < -0.4 is 0 Å². The minimum absolute atomic E-state index is 0.0899. The number of rotatable bonds is 7. The number of aromatic nitrogens is 2. The highest BCUT2D eigenvalue weighted by atomic mass is 35.5. The van der Waals surface area contributed by atoms with E-state index in [1.54, 1.807) is 13.2 Å². The zero-order valence-corrected chi connectivity index (χ0v) is 11.8. The number of hydrogen-bond donors (Lipinski definition) is 1. The van der Waals surface area contributed by atoms with Gasteiger partial charge in [-0.15, -0.1) is 0 Å². The van der Waals surface area contributed by atoms with Gasteiger partial charge in [0, 0.05) is 13.5 Å². The van der Waals surface area contributed by atoms with Crippen molar-refractivity contribution in [3.05, 3.63) is 29.0 Å². The average Bonchev–Trinajstić information content (AvgIpc) is 2.90. The van der Waals surface area contributed by atoms with E-state index in [9.17, 15) is 5.11 Å². The van der Waals surface area contributed by atoms with Crippen molar-refractivity contribution in [3.63, 3.8) is 0 Å². The van der Waals surface area contributed by atoms with Crippen molar-refractivity contribution in [1.29, 1.82) is 0 Å². The molecule has 0 spiro atoms. The maximum absolute atomic E-state index is 9.45. The summed E-state index contributed by atoms with van der Waals surface area (Å²) in [5.74, 6) is 0.890. The van der Waals surface area contributed by atoms with Gasteiger partial charge in [-0.25, -0.2) is 0 Å². The third-order valence-electron chi connectivity index (χ3n) is 2.55. The molecule has 108 valence electrons. The normalized spacial score (nSPS) is 10.9. The molecule has 6 nitrogen and oxygen atoms in total. The van der Waals surface area contributed by atoms with Crippen LogP contribution in [0.15, 0.2) is 22.7 Å². The quantitative estimate of drug-likeness (QED) is 0.790. The Morgan fingerprint density at radius 3 is 2.95 bits per heavy atom. The monoisotopic (exact) mass is 298 g/mol. The minimum Gasteiger partial charge on any atom is -0.508 e. The fourth-order valence-electron chi connectivity index (χ4n) is 1.55. The number of phenolic OH excluding ortho intramolecular Hbond substituents is 1. The Balaban J connectivity index is 1.96. The van der Waals surface area contributed by atoms with E-state index in [0.29, 0.717) is 42.7 Å². The van der Waals surface area contributed by atoms with Crippen LogP contribution in [-0.2, 0) is 15.9 Å². The van der Waals surface area contributed by atoms with Crippen LogP contribution in [-0.4, -0.2) is 42.2 Å². The lowest BCUT2D eigenvalue weighted by atomic mass is 10.2. The minimum atomic E-state index is 0.0899. The molecule has 0 saturated heterocycles. The Morgan fingerprint density at radius 1 is 1.30 bits per heavy atom. The van der Waals surface area contributed by atoms with E-state index in [0.717, 1.165) is 0 Å². The van der Waals surface area contributed by atoms with Crippen LogP contribution in [0, 0.1) is 0 Å². The third-order valence-corrected chi connectivity index (χ3v) is 2.88. The summed E-state index contributed by atoms with van der Waals surface area (Å²) < 4.78 is 15.3. The highest BCUT2D eigenvalue weighted by molar-refractivity contribution is 6.33. The smallest absolute Gasteiger partial charge is 0.259 e. The van der Waals surface area contributed by atoms with Crippen LogP contribution in [0.3, 0.4) is 0 Å². The molecule has 2 rings (SSSR count). The summed E-state index contributed by atoms with van der Waals surface area (Å²) in [6, 6.07) is 4.55. The van der Waals surface area contributed by atoms with Crippen LogP contribution in [0.25, 0.3) is 11.5 Å². The fraction of sp³-hybridized carbons (Fsp3) is 0.385. The van der Waals surface area contributed by atoms with E-state index in [2.05, 4.69) is 10.1 Å². The summed E-state index contributed by atoms with van der Waals surface area (Å²) in [4.78, 5) is 4.22. The molecule has 1 aromatic carbocycles. The lowest BCUT2D eigenvalue weighted by molar-refractivity contribution is 0.0714. The highest BCUT2D eigenvalue weighted by Crippen LogP contribution is 2.29. The average molecular weight is 299 g/mol. The number of aromatic hydroxyl groups is 1. The number of ether oxygens (including phenoxy) is 2. The molecular formula is C13H15ClN2O4. The predicted octanol–water partition coefficient (Wildman–Crippen LogP) is 2.30. The van der Waals surface area contributed by atoms with Crippen molar-refractivity contribution < 1.29 is 19.1 Å². The molecule has 0 bridgehead atoms. The van der Waals surface area contributed by atoms with Gasteiger partial charge in [-0.2, -0.15) is 4.98 Å². The Hall–Kier alpha value is -1.63. The molecule has 1 heterocycles. The molecule has 1 aromatic heterocycles. The molecule has 0 radical (unpaired) electrons. The van der Waals surface area contributed by atoms with E-state index < -0.39 is 0 Å². The largest absolute Gasteiger partial charge is 0.508 e. The Labute approximate surface area is 121 Å². The van der Waals surface area contributed by atoms with Crippen molar-refractivity contribution in [2.24, 2.45) is 0 Å². The Morgan fingerprint density at radius 2 is 2.15 bits per heavy atom. The van der Waals surface area contributed by atoms with Gasteiger partial charge in [0.1, 0.15) is 5.75 Å². The first-order valence-electron chi connectivity index (χ1n) is 6.09. The topological polar surface area (TPSA) is 77.6 Å². The molecule has 7 heteroatoms. The molecule has 0 aliphatic rings. The first-order valence-corrected chi connectivity index (χ1v) is 6.46. The fourth-order valence-corrected chi connectivity index (χ4v) is 1.75. The van der Waals surface area contributed by atoms with E-state index in [-0.39, 0.29) is 11.6 Å². The second kappa shape index (κ2) is 7.23. The number of methoxy groups -OCH3 is 1. The van der Waals surface area contributed by atoms with Gasteiger partial charge < -0.3 is 19.1 Å². The number of nitrogens with zero attached hydrogens (tertiary/aromatic N) is 2. The van der Waals surface area contributed by atoms with Crippen LogP contribution in [0.5, 0.6) is 5.75 Å². The van der Waals surface area contributed by atoms with Crippen LogP contribution in [0.1, 0.15) is 5.82 Å². The SMILES string of the molecule is COCCOCCc1noc(-c2cc(O)ccc2Cl)n1. The van der Waals surface area contributed by atoms with Crippen molar-refractivity contribution in [2.75, 3.05) is 26.9 Å². The van der Waals surface area contributed by atoms with Gasteiger partial charge in [0.25, 0.3) is 5.89 Å². The van der Waals surface area contributed by atoms with Gasteiger partial charge in [0.2, 0.25) is 0 Å². The van der Waals surface area contributed by atoms with Crippen molar-refractivity contribution in [1.82, 2.24) is 10.1 Å². The van der Waals surface area contributed by atoms with Gasteiger partial charge in [-0.3, -0.25) is 0 Å². The summed E-state index contributed by atoms with van der Waals surface area (Å²) in [7, 11) is 1.62. The predicted molar refractivity (Wildman–Crippen MR) is 72.8 cm³/mol. The molecule has 0 saturated carbocycles. The lowest BCUT2D eigenvalue weighted by Gasteiger charge is -2.00. The zero-order chi connectivity index (χ0) is 14.4. The van der Waals surface area contributed by atoms with Gasteiger partial charge in [0.05, 0.1) is 30.4 Å². The summed E-state index contributed by atoms with van der Waals surface area (Å²) in [6.07, 6.45) is 0.531. The molecule has 0 amide bonds. The Bertz CT molecular complexity index is 559.